The number of aliphatic carboxylic acids is 1. The lowest BCUT2D eigenvalue weighted by atomic mass is 9.84. The molecule has 0 fully saturated rings. The van der Waals surface area contributed by atoms with E-state index >= 15 is 0 Å². The van der Waals surface area contributed by atoms with Crippen molar-refractivity contribution in [1.29, 1.82) is 0 Å². The van der Waals surface area contributed by atoms with Gasteiger partial charge in [-0.15, -0.1) is 0 Å². The minimum atomic E-state index is -5.67. The quantitative estimate of drug-likeness (QED) is 0.633. The summed E-state index contributed by atoms with van der Waals surface area (Å²) in [4.78, 5) is 10.7. The van der Waals surface area contributed by atoms with Crippen molar-refractivity contribution in [1.82, 2.24) is 0 Å². The van der Waals surface area contributed by atoms with Gasteiger partial charge in [0.2, 0.25) is 0 Å². The van der Waals surface area contributed by atoms with Crippen molar-refractivity contribution in [2.45, 2.75) is 25.3 Å². The number of allylic oxidation sites excluding steroid dienone is 2. The first-order valence-electron chi connectivity index (χ1n) is 4.97. The summed E-state index contributed by atoms with van der Waals surface area (Å²) in [6, 6.07) is 0. The largest absolute Gasteiger partial charge is 0.534 e. The van der Waals surface area contributed by atoms with E-state index in [1.807, 2.05) is 0 Å². The van der Waals surface area contributed by atoms with Crippen LogP contribution in [0.4, 0.5) is 13.2 Å². The second kappa shape index (κ2) is 4.79. The first-order chi connectivity index (χ1) is 8.04. The lowest BCUT2D eigenvalue weighted by Crippen LogP contribution is -2.29. The van der Waals surface area contributed by atoms with E-state index in [2.05, 4.69) is 4.18 Å². The van der Waals surface area contributed by atoms with Gasteiger partial charge in [0.1, 0.15) is 5.76 Å². The molecule has 1 aliphatic rings. The topological polar surface area (TPSA) is 80.7 Å². The third-order valence-corrected chi connectivity index (χ3v) is 3.63. The maximum Gasteiger partial charge on any atom is 0.534 e. The van der Waals surface area contributed by atoms with Crippen LogP contribution >= 0.6 is 0 Å². The molecule has 18 heavy (non-hydrogen) atoms. The van der Waals surface area contributed by atoms with Crippen LogP contribution in [0.1, 0.15) is 19.8 Å². The summed E-state index contributed by atoms with van der Waals surface area (Å²) in [5, 5.41) is 8.79. The molecule has 0 bridgehead atoms. The van der Waals surface area contributed by atoms with Crippen LogP contribution < -0.4 is 0 Å². The van der Waals surface area contributed by atoms with Crippen LogP contribution in [-0.2, 0) is 19.1 Å². The van der Waals surface area contributed by atoms with E-state index in [9.17, 15) is 26.4 Å². The zero-order valence-electron chi connectivity index (χ0n) is 9.27. The summed E-state index contributed by atoms with van der Waals surface area (Å²) in [5.74, 6) is -2.68. The molecule has 0 heterocycles. The van der Waals surface area contributed by atoms with Gasteiger partial charge in [0.15, 0.2) is 0 Å². The number of rotatable bonds is 3. The fourth-order valence-corrected chi connectivity index (χ4v) is 2.15. The van der Waals surface area contributed by atoms with Gasteiger partial charge in [0.25, 0.3) is 0 Å². The third-order valence-electron chi connectivity index (χ3n) is 2.63. The van der Waals surface area contributed by atoms with Crippen LogP contribution in [0.2, 0.25) is 0 Å². The zero-order chi connectivity index (χ0) is 14.1. The molecule has 0 aliphatic heterocycles. The fourth-order valence-electron chi connectivity index (χ4n) is 1.63. The predicted octanol–water partition coefficient (Wildman–Crippen LogP) is 1.87. The molecule has 0 saturated heterocycles. The molecule has 1 aliphatic carbocycles. The smallest absolute Gasteiger partial charge is 0.481 e. The Balaban J connectivity index is 2.81. The minimum Gasteiger partial charge on any atom is -0.481 e. The molecule has 0 radical (unpaired) electrons. The van der Waals surface area contributed by atoms with E-state index in [1.54, 1.807) is 0 Å². The molecule has 1 rings (SSSR count). The maximum absolute atomic E-state index is 12.1. The van der Waals surface area contributed by atoms with Gasteiger partial charge >= 0.3 is 21.6 Å². The summed E-state index contributed by atoms with van der Waals surface area (Å²) in [5.41, 5.74) is -5.49. The van der Waals surface area contributed by atoms with Crippen molar-refractivity contribution in [2.24, 2.45) is 11.8 Å². The van der Waals surface area contributed by atoms with Crippen LogP contribution in [0.5, 0.6) is 0 Å². The molecular weight excluding hydrogens is 277 g/mol. The van der Waals surface area contributed by atoms with Crippen molar-refractivity contribution in [3.05, 3.63) is 11.8 Å². The number of hydrogen-bond donors (Lipinski definition) is 1. The number of alkyl halides is 3. The van der Waals surface area contributed by atoms with Gasteiger partial charge in [-0.2, -0.15) is 21.6 Å². The zero-order valence-corrected chi connectivity index (χ0v) is 10.1. The van der Waals surface area contributed by atoms with Crippen LogP contribution in [0.25, 0.3) is 0 Å². The Labute approximate surface area is 101 Å². The maximum atomic E-state index is 12.1. The van der Waals surface area contributed by atoms with E-state index < -0.39 is 33.4 Å². The summed E-state index contributed by atoms with van der Waals surface area (Å²) in [7, 11) is -5.67. The molecule has 0 amide bonds. The predicted molar refractivity (Wildman–Crippen MR) is 53.7 cm³/mol. The van der Waals surface area contributed by atoms with Crippen molar-refractivity contribution in [2.75, 3.05) is 0 Å². The Kier molecular flexibility index (Phi) is 3.94. The molecule has 0 saturated carbocycles. The number of carboxylic acid groups (broad SMARTS) is 1. The van der Waals surface area contributed by atoms with Gasteiger partial charge in [0, 0.05) is 6.42 Å². The molecule has 0 spiro atoms. The molecule has 5 nitrogen and oxygen atoms in total. The van der Waals surface area contributed by atoms with Gasteiger partial charge in [-0.1, -0.05) is 6.92 Å². The van der Waals surface area contributed by atoms with Crippen molar-refractivity contribution in [3.63, 3.8) is 0 Å². The Hall–Kier alpha value is -1.25. The average molecular weight is 288 g/mol. The Morgan fingerprint density at radius 3 is 2.44 bits per heavy atom. The number of carboxylic acids is 1. The number of hydrogen-bond acceptors (Lipinski definition) is 4. The molecule has 0 aromatic rings. The molecule has 9 heteroatoms. The number of carbonyl (C=O) groups is 1. The first-order valence-corrected chi connectivity index (χ1v) is 6.38. The number of halogens is 3. The van der Waals surface area contributed by atoms with Gasteiger partial charge in [-0.3, -0.25) is 4.79 Å². The second-order valence-electron chi connectivity index (χ2n) is 4.02. The molecule has 1 N–H and O–H groups in total. The van der Waals surface area contributed by atoms with E-state index in [-0.39, 0.29) is 18.6 Å². The first kappa shape index (κ1) is 14.8. The highest BCUT2D eigenvalue weighted by atomic mass is 32.2. The lowest BCUT2D eigenvalue weighted by Gasteiger charge is -2.25. The van der Waals surface area contributed by atoms with E-state index in [0.29, 0.717) is 0 Å². The summed E-state index contributed by atoms with van der Waals surface area (Å²) < 4.78 is 61.6. The van der Waals surface area contributed by atoms with Crippen LogP contribution in [0, 0.1) is 11.8 Å². The van der Waals surface area contributed by atoms with Gasteiger partial charge in [0.05, 0.1) is 5.92 Å². The third kappa shape index (κ3) is 3.15. The van der Waals surface area contributed by atoms with E-state index in [0.717, 1.165) is 6.08 Å². The minimum absolute atomic E-state index is 0.0563. The Morgan fingerprint density at radius 1 is 1.50 bits per heavy atom. The normalized spacial score (nSPS) is 25.4. The summed E-state index contributed by atoms with van der Waals surface area (Å²) >= 11 is 0. The highest BCUT2D eigenvalue weighted by molar-refractivity contribution is 7.87. The fraction of sp³-hybridized carbons (Fsp3) is 0.667. The van der Waals surface area contributed by atoms with Crippen molar-refractivity contribution in [3.8, 4) is 0 Å². The molecule has 0 aromatic heterocycles. The van der Waals surface area contributed by atoms with E-state index in [1.165, 1.54) is 6.92 Å². The van der Waals surface area contributed by atoms with Crippen molar-refractivity contribution >= 4 is 16.1 Å². The Bertz CT molecular complexity index is 465. The van der Waals surface area contributed by atoms with E-state index in [4.69, 9.17) is 5.11 Å². The van der Waals surface area contributed by atoms with Crippen LogP contribution in [-0.4, -0.2) is 25.0 Å². The highest BCUT2D eigenvalue weighted by Gasteiger charge is 2.49. The molecule has 0 unspecified atom stereocenters. The standard InChI is InChI=1S/C9H11F3O5S/c1-5-4-6(2-3-7(5)8(13)14)17-18(15,16)9(10,11)12/h2,5,7H,3-4H2,1H3,(H,13,14)/t5-,7+/m0/s1. The summed E-state index contributed by atoms with van der Waals surface area (Å²) in [6.45, 7) is 1.51. The van der Waals surface area contributed by atoms with Crippen LogP contribution in [0.3, 0.4) is 0 Å². The van der Waals surface area contributed by atoms with Crippen molar-refractivity contribution < 1.29 is 35.7 Å². The molecule has 0 aromatic carbocycles. The monoisotopic (exact) mass is 288 g/mol. The van der Waals surface area contributed by atoms with Crippen LogP contribution in [0.15, 0.2) is 11.8 Å². The lowest BCUT2D eigenvalue weighted by molar-refractivity contribution is -0.143. The Morgan fingerprint density at radius 2 is 2.06 bits per heavy atom. The van der Waals surface area contributed by atoms with Gasteiger partial charge in [-0.05, 0) is 18.4 Å². The average Bonchev–Trinajstić information content (AvgIpc) is 2.14. The highest BCUT2D eigenvalue weighted by Crippen LogP contribution is 2.34. The molecule has 104 valence electrons. The SMILES string of the molecule is C[C@H]1CC(OS(=O)(=O)C(F)(F)F)=CC[C@H]1C(=O)O. The van der Waals surface area contributed by atoms with Gasteiger partial charge in [-0.25, -0.2) is 0 Å². The summed E-state index contributed by atoms with van der Waals surface area (Å²) in [6.07, 6.45) is 0.855. The van der Waals surface area contributed by atoms with Gasteiger partial charge < -0.3 is 9.29 Å². The molecule has 2 atom stereocenters. The molecular formula is C9H11F3O5S. The second-order valence-corrected chi connectivity index (χ2v) is 5.55.